The number of benzene rings is 2. The number of nitro groups is 1. The van der Waals surface area contributed by atoms with Crippen LogP contribution < -0.4 is 10.2 Å². The van der Waals surface area contributed by atoms with Crippen molar-refractivity contribution in [2.75, 3.05) is 17.3 Å². The van der Waals surface area contributed by atoms with Crippen molar-refractivity contribution in [1.29, 1.82) is 0 Å². The average molecular weight is 422 g/mol. The Hall–Kier alpha value is -2.94. The van der Waals surface area contributed by atoms with Crippen LogP contribution in [0.3, 0.4) is 0 Å². The fourth-order valence-electron chi connectivity index (χ4n) is 2.97. The Kier molecular flexibility index (Phi) is 4.88. The molecule has 1 unspecified atom stereocenters. The van der Waals surface area contributed by atoms with Crippen molar-refractivity contribution in [2.45, 2.75) is 5.60 Å². The summed E-state index contributed by atoms with van der Waals surface area (Å²) < 4.78 is 0. The van der Waals surface area contributed by atoms with Crippen molar-refractivity contribution in [3.63, 3.8) is 0 Å². The van der Waals surface area contributed by atoms with Gasteiger partial charge in [-0.2, -0.15) is 0 Å². The number of halogens is 2. The number of anilines is 2. The summed E-state index contributed by atoms with van der Waals surface area (Å²) in [5.74, 6) is -1.66. The van der Waals surface area contributed by atoms with Crippen molar-refractivity contribution in [1.82, 2.24) is 0 Å². The number of non-ortho nitro benzene ring substituents is 1. The summed E-state index contributed by atoms with van der Waals surface area (Å²) in [5, 5.41) is 24.6. The van der Waals surface area contributed by atoms with E-state index in [1.54, 1.807) is 0 Å². The zero-order valence-corrected chi connectivity index (χ0v) is 15.9. The number of hydrogen-bond donors (Lipinski definition) is 2. The molecule has 0 spiro atoms. The van der Waals surface area contributed by atoms with E-state index in [1.165, 1.54) is 43.4 Å². The minimum atomic E-state index is -2.36. The van der Waals surface area contributed by atoms with Crippen LogP contribution >= 0.6 is 23.2 Å². The Morgan fingerprint density at radius 1 is 1.29 bits per heavy atom. The summed E-state index contributed by atoms with van der Waals surface area (Å²) in [6.07, 6.45) is 0. The minimum absolute atomic E-state index is 0.0429. The highest BCUT2D eigenvalue weighted by atomic mass is 35.5. The summed E-state index contributed by atoms with van der Waals surface area (Å²) in [5.41, 5.74) is -2.46. The molecule has 1 heterocycles. The van der Waals surface area contributed by atoms with Gasteiger partial charge in [0.2, 0.25) is 5.60 Å². The lowest BCUT2D eigenvalue weighted by molar-refractivity contribution is -0.384. The van der Waals surface area contributed by atoms with Crippen molar-refractivity contribution in [3.05, 3.63) is 74.3 Å². The molecule has 2 aromatic rings. The van der Waals surface area contributed by atoms with Gasteiger partial charge in [0.15, 0.2) is 0 Å². The van der Waals surface area contributed by atoms with Gasteiger partial charge in [0.05, 0.1) is 21.2 Å². The quantitative estimate of drug-likeness (QED) is 0.446. The second kappa shape index (κ2) is 6.90. The van der Waals surface area contributed by atoms with E-state index in [0.29, 0.717) is 0 Å². The highest BCUT2D eigenvalue weighted by Gasteiger charge is 2.53. The third-order valence-corrected chi connectivity index (χ3v) is 4.92. The third-order valence-electron chi connectivity index (χ3n) is 4.41. The molecule has 8 nitrogen and oxygen atoms in total. The largest absolute Gasteiger partial charge is 0.372 e. The summed E-state index contributed by atoms with van der Waals surface area (Å²) >= 11 is 12.1. The van der Waals surface area contributed by atoms with Crippen LogP contribution in [0.4, 0.5) is 17.1 Å². The van der Waals surface area contributed by atoms with Crippen LogP contribution in [0.2, 0.25) is 10.0 Å². The molecular formula is C18H13Cl2N3O5. The lowest BCUT2D eigenvalue weighted by atomic mass is 9.87. The van der Waals surface area contributed by atoms with Crippen LogP contribution in [0, 0.1) is 10.1 Å². The molecule has 0 bridgehead atoms. The first-order chi connectivity index (χ1) is 13.1. The Bertz CT molecular complexity index is 1040. The van der Waals surface area contributed by atoms with E-state index in [0.717, 1.165) is 4.90 Å². The predicted molar refractivity (Wildman–Crippen MR) is 105 cm³/mol. The maximum Gasteiger partial charge on any atom is 0.269 e. The number of fused-ring (bicyclic) bond motifs is 1. The highest BCUT2D eigenvalue weighted by molar-refractivity contribution is 6.38. The minimum Gasteiger partial charge on any atom is -0.372 e. The van der Waals surface area contributed by atoms with Gasteiger partial charge in [0, 0.05) is 35.5 Å². The van der Waals surface area contributed by atoms with Crippen LogP contribution in [0.5, 0.6) is 0 Å². The van der Waals surface area contributed by atoms with Crippen LogP contribution in [-0.2, 0) is 15.2 Å². The Morgan fingerprint density at radius 2 is 1.89 bits per heavy atom. The number of carbonyl (C=O) groups excluding carboxylic acids is 2. The molecule has 0 fully saturated rings. The molecule has 28 heavy (non-hydrogen) atoms. The summed E-state index contributed by atoms with van der Waals surface area (Å²) in [4.78, 5) is 36.6. The third kappa shape index (κ3) is 3.01. The maximum absolute atomic E-state index is 12.7. The van der Waals surface area contributed by atoms with Gasteiger partial charge in [0.1, 0.15) is 0 Å². The SMILES string of the molecule is C=C(C(=O)Nc1ccc([N+](=O)[O-])cc1)C1(O)C(=O)N(C)c2c(Cl)cc(Cl)cc21. The van der Waals surface area contributed by atoms with E-state index in [-0.39, 0.29) is 32.7 Å². The molecule has 10 heteroatoms. The molecule has 1 aliphatic rings. The zero-order chi connectivity index (χ0) is 20.8. The van der Waals surface area contributed by atoms with Gasteiger partial charge in [0.25, 0.3) is 17.5 Å². The van der Waals surface area contributed by atoms with Gasteiger partial charge < -0.3 is 15.3 Å². The fourth-order valence-corrected chi connectivity index (χ4v) is 3.59. The van der Waals surface area contributed by atoms with Gasteiger partial charge in [-0.05, 0) is 24.3 Å². The highest BCUT2D eigenvalue weighted by Crippen LogP contribution is 2.48. The zero-order valence-electron chi connectivity index (χ0n) is 14.4. The molecule has 144 valence electrons. The molecule has 0 radical (unpaired) electrons. The summed E-state index contributed by atoms with van der Waals surface area (Å²) in [6.45, 7) is 3.59. The maximum atomic E-state index is 12.7. The lowest BCUT2D eigenvalue weighted by Gasteiger charge is -2.23. The Balaban J connectivity index is 1.94. The molecular weight excluding hydrogens is 409 g/mol. The fraction of sp³-hybridized carbons (Fsp3) is 0.111. The molecule has 2 amide bonds. The summed E-state index contributed by atoms with van der Waals surface area (Å²) in [6, 6.07) is 7.80. The normalized spacial score (nSPS) is 18.0. The first-order valence-corrected chi connectivity index (χ1v) is 8.58. The standard InChI is InChI=1S/C18H13Cl2N3O5/c1-9(16(24)21-11-3-5-12(6-4-11)23(27)28)18(26)13-7-10(19)8-14(20)15(13)22(2)17(18)25/h3-8,26H,1H2,2H3,(H,21,24). The first kappa shape index (κ1) is 19.8. The molecule has 1 aliphatic heterocycles. The van der Waals surface area contributed by atoms with Crippen molar-refractivity contribution >= 4 is 52.1 Å². The van der Waals surface area contributed by atoms with E-state index in [9.17, 15) is 24.8 Å². The van der Waals surface area contributed by atoms with E-state index >= 15 is 0 Å². The second-order valence-corrected chi connectivity index (χ2v) is 6.94. The topological polar surface area (TPSA) is 113 Å². The van der Waals surface area contributed by atoms with Crippen LogP contribution in [0.25, 0.3) is 0 Å². The number of carbonyl (C=O) groups is 2. The molecule has 1 atom stereocenters. The number of aliphatic hydroxyl groups is 1. The van der Waals surface area contributed by atoms with Crippen molar-refractivity contribution in [3.8, 4) is 0 Å². The van der Waals surface area contributed by atoms with Crippen LogP contribution in [0.1, 0.15) is 5.56 Å². The van der Waals surface area contributed by atoms with E-state index < -0.39 is 27.9 Å². The van der Waals surface area contributed by atoms with Gasteiger partial charge in [-0.3, -0.25) is 19.7 Å². The number of nitrogens with zero attached hydrogens (tertiary/aromatic N) is 2. The molecule has 3 rings (SSSR count). The molecule has 0 saturated carbocycles. The lowest BCUT2D eigenvalue weighted by Crippen LogP contribution is -2.43. The van der Waals surface area contributed by atoms with Crippen molar-refractivity contribution in [2.24, 2.45) is 0 Å². The van der Waals surface area contributed by atoms with E-state index in [4.69, 9.17) is 23.2 Å². The van der Waals surface area contributed by atoms with Gasteiger partial charge >= 0.3 is 0 Å². The Morgan fingerprint density at radius 3 is 2.46 bits per heavy atom. The molecule has 2 N–H and O–H groups in total. The predicted octanol–water partition coefficient (Wildman–Crippen LogP) is 3.26. The second-order valence-electron chi connectivity index (χ2n) is 6.10. The first-order valence-electron chi connectivity index (χ1n) is 7.82. The smallest absolute Gasteiger partial charge is 0.269 e. The molecule has 0 aromatic heterocycles. The number of nitro benzene ring substituents is 1. The van der Waals surface area contributed by atoms with Gasteiger partial charge in [-0.1, -0.05) is 29.8 Å². The van der Waals surface area contributed by atoms with E-state index in [2.05, 4.69) is 11.9 Å². The summed E-state index contributed by atoms with van der Waals surface area (Å²) in [7, 11) is 1.40. The monoisotopic (exact) mass is 421 g/mol. The molecule has 2 aromatic carbocycles. The van der Waals surface area contributed by atoms with Crippen LogP contribution in [-0.4, -0.2) is 28.9 Å². The van der Waals surface area contributed by atoms with Gasteiger partial charge in [-0.15, -0.1) is 0 Å². The van der Waals surface area contributed by atoms with Gasteiger partial charge in [-0.25, -0.2) is 0 Å². The van der Waals surface area contributed by atoms with Crippen LogP contribution in [0.15, 0.2) is 48.6 Å². The van der Waals surface area contributed by atoms with E-state index in [1.807, 2.05) is 0 Å². The number of amides is 2. The Labute approximate surface area is 169 Å². The molecule has 0 saturated heterocycles. The number of nitrogens with one attached hydrogen (secondary N) is 1. The number of rotatable bonds is 4. The molecule has 0 aliphatic carbocycles. The average Bonchev–Trinajstić information content (AvgIpc) is 2.83. The van der Waals surface area contributed by atoms with Crippen molar-refractivity contribution < 1.29 is 19.6 Å². The number of likely N-dealkylation sites (N-methyl/N-ethyl adjacent to an activating group) is 1. The number of hydrogen-bond acceptors (Lipinski definition) is 5.